The third kappa shape index (κ3) is 5.66. The Bertz CT molecular complexity index is 366. The average molecular weight is 254 g/mol. The summed E-state index contributed by atoms with van der Waals surface area (Å²) in [5.74, 6) is -0.223. The molecule has 100 valence electrons. The third-order valence-electron chi connectivity index (χ3n) is 2.42. The zero-order valence-corrected chi connectivity index (χ0v) is 10.7. The Hall–Kier alpha value is -1.58. The maximum atomic E-state index is 13.2. The van der Waals surface area contributed by atoms with Crippen LogP contribution in [0.5, 0.6) is 5.75 Å². The first-order valence-electron chi connectivity index (χ1n) is 6.27. The monoisotopic (exact) mass is 254 g/mol. The molecule has 0 saturated heterocycles. The Morgan fingerprint density at radius 2 is 2.00 bits per heavy atom. The van der Waals surface area contributed by atoms with Crippen molar-refractivity contribution in [1.82, 2.24) is 0 Å². The highest BCUT2D eigenvalue weighted by Gasteiger charge is 2.02. The Morgan fingerprint density at radius 1 is 1.22 bits per heavy atom. The minimum Gasteiger partial charge on any atom is -0.491 e. The molecule has 1 aromatic carbocycles. The van der Waals surface area contributed by atoms with E-state index in [1.54, 1.807) is 25.1 Å². The van der Waals surface area contributed by atoms with Crippen molar-refractivity contribution < 1.29 is 18.7 Å². The zero-order valence-electron chi connectivity index (χ0n) is 10.7. The molecule has 0 amide bonds. The summed E-state index contributed by atoms with van der Waals surface area (Å²) < 4.78 is 23.3. The number of para-hydroxylation sites is 1. The Labute approximate surface area is 107 Å². The van der Waals surface area contributed by atoms with Crippen LogP contribution in [0, 0.1) is 5.82 Å². The molecule has 0 unspecified atom stereocenters. The number of halogens is 1. The molecule has 0 aliphatic carbocycles. The van der Waals surface area contributed by atoms with Crippen LogP contribution in [0.2, 0.25) is 0 Å². The molecular formula is C14H19FO3. The van der Waals surface area contributed by atoms with Crippen molar-refractivity contribution in [2.75, 3.05) is 13.2 Å². The van der Waals surface area contributed by atoms with E-state index in [2.05, 4.69) is 0 Å². The summed E-state index contributed by atoms with van der Waals surface area (Å²) in [6, 6.07) is 6.34. The van der Waals surface area contributed by atoms with Gasteiger partial charge in [-0.2, -0.15) is 0 Å². The molecule has 0 N–H and O–H groups in total. The summed E-state index contributed by atoms with van der Waals surface area (Å²) in [6.07, 6.45) is 2.88. The van der Waals surface area contributed by atoms with E-state index in [9.17, 15) is 9.18 Å². The lowest BCUT2D eigenvalue weighted by molar-refractivity contribution is -0.143. The Kier molecular flexibility index (Phi) is 6.84. The lowest BCUT2D eigenvalue weighted by Gasteiger charge is -2.06. The molecule has 0 fully saturated rings. The second kappa shape index (κ2) is 8.50. The fraction of sp³-hybridized carbons (Fsp3) is 0.500. The minimum atomic E-state index is -0.343. The van der Waals surface area contributed by atoms with E-state index < -0.39 is 0 Å². The molecule has 0 heterocycles. The fourth-order valence-corrected chi connectivity index (χ4v) is 1.53. The molecule has 0 bridgehead atoms. The number of carbonyl (C=O) groups excluding carboxylic acids is 1. The fourth-order valence-electron chi connectivity index (χ4n) is 1.53. The van der Waals surface area contributed by atoms with Crippen LogP contribution in [-0.2, 0) is 9.53 Å². The number of rotatable bonds is 8. The number of hydrogen-bond acceptors (Lipinski definition) is 3. The molecule has 0 aliphatic rings. The van der Waals surface area contributed by atoms with Crippen molar-refractivity contribution >= 4 is 5.97 Å². The van der Waals surface area contributed by atoms with Crippen LogP contribution in [0.3, 0.4) is 0 Å². The first kappa shape index (κ1) is 14.5. The largest absolute Gasteiger partial charge is 0.491 e. The van der Waals surface area contributed by atoms with Crippen LogP contribution >= 0.6 is 0 Å². The normalized spacial score (nSPS) is 10.1. The Morgan fingerprint density at radius 3 is 2.72 bits per heavy atom. The van der Waals surface area contributed by atoms with E-state index in [1.807, 2.05) is 0 Å². The van der Waals surface area contributed by atoms with E-state index in [0.29, 0.717) is 19.6 Å². The molecule has 0 atom stereocenters. The van der Waals surface area contributed by atoms with Gasteiger partial charge in [-0.3, -0.25) is 4.79 Å². The Balaban J connectivity index is 2.06. The van der Waals surface area contributed by atoms with Gasteiger partial charge in [0.1, 0.15) is 0 Å². The SMILES string of the molecule is CCOC(=O)CCCCCOc1ccccc1F. The molecule has 4 heteroatoms. The summed E-state index contributed by atoms with van der Waals surface area (Å²) in [4.78, 5) is 11.0. The van der Waals surface area contributed by atoms with Crippen molar-refractivity contribution in [3.05, 3.63) is 30.1 Å². The van der Waals surface area contributed by atoms with Crippen LogP contribution < -0.4 is 4.74 Å². The summed E-state index contributed by atoms with van der Waals surface area (Å²) in [6.45, 7) is 2.68. The highest BCUT2D eigenvalue weighted by atomic mass is 19.1. The first-order chi connectivity index (χ1) is 8.74. The number of hydrogen-bond donors (Lipinski definition) is 0. The van der Waals surface area contributed by atoms with Gasteiger partial charge >= 0.3 is 5.97 Å². The van der Waals surface area contributed by atoms with Crippen LogP contribution in [0.1, 0.15) is 32.6 Å². The predicted octanol–water partition coefficient (Wildman–Crippen LogP) is 3.33. The van der Waals surface area contributed by atoms with E-state index in [4.69, 9.17) is 9.47 Å². The van der Waals surface area contributed by atoms with Gasteiger partial charge in [-0.25, -0.2) is 4.39 Å². The second-order valence-corrected chi connectivity index (χ2v) is 3.89. The van der Waals surface area contributed by atoms with Crippen LogP contribution in [0.15, 0.2) is 24.3 Å². The number of unbranched alkanes of at least 4 members (excludes halogenated alkanes) is 2. The van der Waals surface area contributed by atoms with Gasteiger partial charge in [-0.1, -0.05) is 12.1 Å². The lowest BCUT2D eigenvalue weighted by atomic mass is 10.2. The van der Waals surface area contributed by atoms with E-state index in [0.717, 1.165) is 19.3 Å². The van der Waals surface area contributed by atoms with Crippen molar-refractivity contribution in [1.29, 1.82) is 0 Å². The smallest absolute Gasteiger partial charge is 0.305 e. The zero-order chi connectivity index (χ0) is 13.2. The van der Waals surface area contributed by atoms with E-state index in [-0.39, 0.29) is 17.5 Å². The lowest BCUT2D eigenvalue weighted by Crippen LogP contribution is -2.04. The molecular weight excluding hydrogens is 235 g/mol. The van der Waals surface area contributed by atoms with Crippen molar-refractivity contribution in [3.8, 4) is 5.75 Å². The second-order valence-electron chi connectivity index (χ2n) is 3.89. The van der Waals surface area contributed by atoms with Crippen molar-refractivity contribution in [3.63, 3.8) is 0 Å². The van der Waals surface area contributed by atoms with Crippen LogP contribution in [0.4, 0.5) is 4.39 Å². The number of benzene rings is 1. The maximum Gasteiger partial charge on any atom is 0.305 e. The van der Waals surface area contributed by atoms with Gasteiger partial charge in [-0.15, -0.1) is 0 Å². The molecule has 1 rings (SSSR count). The highest BCUT2D eigenvalue weighted by Crippen LogP contribution is 2.15. The topological polar surface area (TPSA) is 35.5 Å². The molecule has 1 aromatic rings. The van der Waals surface area contributed by atoms with Crippen LogP contribution in [-0.4, -0.2) is 19.2 Å². The minimum absolute atomic E-state index is 0.160. The molecule has 0 radical (unpaired) electrons. The summed E-state index contributed by atoms with van der Waals surface area (Å²) in [5, 5.41) is 0. The van der Waals surface area contributed by atoms with Crippen molar-refractivity contribution in [2.24, 2.45) is 0 Å². The summed E-state index contributed by atoms with van der Waals surface area (Å²) in [7, 11) is 0. The van der Waals surface area contributed by atoms with E-state index >= 15 is 0 Å². The number of ether oxygens (including phenoxy) is 2. The van der Waals surface area contributed by atoms with Gasteiger partial charge in [0.05, 0.1) is 13.2 Å². The van der Waals surface area contributed by atoms with Gasteiger partial charge in [0.15, 0.2) is 11.6 Å². The van der Waals surface area contributed by atoms with Gasteiger partial charge in [0.25, 0.3) is 0 Å². The average Bonchev–Trinajstić information content (AvgIpc) is 2.36. The summed E-state index contributed by atoms with van der Waals surface area (Å²) >= 11 is 0. The molecule has 0 aromatic heterocycles. The van der Waals surface area contributed by atoms with E-state index in [1.165, 1.54) is 6.07 Å². The van der Waals surface area contributed by atoms with Gasteiger partial charge in [-0.05, 0) is 38.3 Å². The quantitative estimate of drug-likeness (QED) is 0.527. The van der Waals surface area contributed by atoms with Gasteiger partial charge < -0.3 is 9.47 Å². The molecule has 0 aliphatic heterocycles. The molecule has 0 spiro atoms. The molecule has 0 saturated carbocycles. The highest BCUT2D eigenvalue weighted by molar-refractivity contribution is 5.69. The number of carbonyl (C=O) groups is 1. The third-order valence-corrected chi connectivity index (χ3v) is 2.42. The maximum absolute atomic E-state index is 13.2. The van der Waals surface area contributed by atoms with Crippen molar-refractivity contribution in [2.45, 2.75) is 32.6 Å². The first-order valence-corrected chi connectivity index (χ1v) is 6.27. The molecule has 3 nitrogen and oxygen atoms in total. The van der Waals surface area contributed by atoms with Crippen LogP contribution in [0.25, 0.3) is 0 Å². The number of esters is 1. The van der Waals surface area contributed by atoms with Gasteiger partial charge in [0.2, 0.25) is 0 Å². The predicted molar refractivity (Wildman–Crippen MR) is 67.0 cm³/mol. The summed E-state index contributed by atoms with van der Waals surface area (Å²) in [5.41, 5.74) is 0. The standard InChI is InChI=1S/C14H19FO3/c1-2-17-14(16)10-4-3-7-11-18-13-9-6-5-8-12(13)15/h5-6,8-9H,2-4,7,10-11H2,1H3. The van der Waals surface area contributed by atoms with Gasteiger partial charge in [0, 0.05) is 6.42 Å². The molecule has 18 heavy (non-hydrogen) atoms.